The highest BCUT2D eigenvalue weighted by Crippen LogP contribution is 2.39. The number of hydrogen-bond donors (Lipinski definition) is 1. The molecule has 1 atom stereocenters. The summed E-state index contributed by atoms with van der Waals surface area (Å²) in [6.45, 7) is 1.62. The third kappa shape index (κ3) is 4.33. The van der Waals surface area contributed by atoms with Gasteiger partial charge in [-0.05, 0) is 62.1 Å². The minimum atomic E-state index is -3.88. The van der Waals surface area contributed by atoms with Crippen molar-refractivity contribution in [3.8, 4) is 0 Å². The van der Waals surface area contributed by atoms with E-state index in [1.807, 2.05) is 6.92 Å². The minimum Gasteiger partial charge on any atom is -0.324 e. The van der Waals surface area contributed by atoms with Gasteiger partial charge >= 0.3 is 0 Å². The van der Waals surface area contributed by atoms with E-state index >= 15 is 0 Å². The molecule has 0 bridgehead atoms. The normalized spacial score (nSPS) is 18.2. The quantitative estimate of drug-likeness (QED) is 0.715. The third-order valence-corrected chi connectivity index (χ3v) is 7.78. The van der Waals surface area contributed by atoms with Crippen LogP contribution in [0.25, 0.3) is 0 Å². The molecule has 1 unspecified atom stereocenters. The Morgan fingerprint density at radius 3 is 2.58 bits per heavy atom. The van der Waals surface area contributed by atoms with E-state index in [1.165, 1.54) is 13.1 Å². The Morgan fingerprint density at radius 1 is 1.19 bits per heavy atom. The number of halogens is 1. The van der Waals surface area contributed by atoms with E-state index in [0.29, 0.717) is 17.1 Å². The predicted molar refractivity (Wildman–Crippen MR) is 120 cm³/mol. The molecule has 2 aromatic carbocycles. The fraction of sp³-hybridized carbons (Fsp3) is 0.364. The number of carbonyl (C=O) groups excluding carboxylic acids is 2. The molecule has 0 radical (unpaired) electrons. The van der Waals surface area contributed by atoms with Crippen LogP contribution in [0.15, 0.2) is 47.4 Å². The van der Waals surface area contributed by atoms with Gasteiger partial charge in [0.15, 0.2) is 0 Å². The van der Waals surface area contributed by atoms with Crippen LogP contribution in [-0.2, 0) is 26.0 Å². The number of carbonyl (C=O) groups is 2. The largest absolute Gasteiger partial charge is 0.324 e. The molecule has 1 fully saturated rings. The van der Waals surface area contributed by atoms with Gasteiger partial charge < -0.3 is 10.2 Å². The minimum absolute atomic E-state index is 0.000169. The summed E-state index contributed by atoms with van der Waals surface area (Å²) >= 11 is 6.04. The van der Waals surface area contributed by atoms with Crippen LogP contribution >= 0.6 is 11.6 Å². The fourth-order valence-electron chi connectivity index (χ4n) is 3.85. The number of amides is 2. The van der Waals surface area contributed by atoms with Gasteiger partial charge in [-0.1, -0.05) is 23.7 Å². The topological polar surface area (TPSA) is 86.8 Å². The van der Waals surface area contributed by atoms with Gasteiger partial charge in [-0.25, -0.2) is 8.42 Å². The lowest BCUT2D eigenvalue weighted by molar-refractivity contribution is -0.120. The van der Waals surface area contributed by atoms with E-state index in [1.54, 1.807) is 41.3 Å². The highest BCUT2D eigenvalue weighted by atomic mass is 35.5. The zero-order valence-corrected chi connectivity index (χ0v) is 18.9. The summed E-state index contributed by atoms with van der Waals surface area (Å²) in [6.07, 6.45) is 2.45. The summed E-state index contributed by atoms with van der Waals surface area (Å²) in [5, 5.41) is 3.00. The molecule has 2 amide bonds. The lowest BCUT2D eigenvalue weighted by Crippen LogP contribution is -2.36. The van der Waals surface area contributed by atoms with Crippen molar-refractivity contribution in [1.82, 2.24) is 4.31 Å². The number of para-hydroxylation sites is 1. The monoisotopic (exact) mass is 461 g/mol. The number of anilines is 2. The second-order valence-corrected chi connectivity index (χ2v) is 10.6. The molecule has 1 heterocycles. The first-order valence-electron chi connectivity index (χ1n) is 10.1. The van der Waals surface area contributed by atoms with Gasteiger partial charge in [0.25, 0.3) is 0 Å². The van der Waals surface area contributed by atoms with Crippen molar-refractivity contribution in [3.63, 3.8) is 0 Å². The molecule has 2 aromatic rings. The van der Waals surface area contributed by atoms with Gasteiger partial charge in [0.05, 0.1) is 22.2 Å². The molecular weight excluding hydrogens is 438 g/mol. The predicted octanol–water partition coefficient (Wildman–Crippen LogP) is 3.29. The van der Waals surface area contributed by atoms with Crippen molar-refractivity contribution in [3.05, 3.63) is 53.1 Å². The van der Waals surface area contributed by atoms with Gasteiger partial charge in [-0.3, -0.25) is 9.59 Å². The Labute approximate surface area is 187 Å². The molecule has 0 spiro atoms. The molecule has 7 nitrogen and oxygen atoms in total. The first-order chi connectivity index (χ1) is 14.7. The molecule has 0 aromatic heterocycles. The molecule has 1 aliphatic carbocycles. The van der Waals surface area contributed by atoms with E-state index in [-0.39, 0.29) is 29.3 Å². The van der Waals surface area contributed by atoms with Crippen LogP contribution in [0.4, 0.5) is 11.4 Å². The summed E-state index contributed by atoms with van der Waals surface area (Å²) < 4.78 is 27.1. The Kier molecular flexibility index (Phi) is 5.81. The van der Waals surface area contributed by atoms with Gasteiger partial charge in [0.2, 0.25) is 21.8 Å². The van der Waals surface area contributed by atoms with E-state index in [9.17, 15) is 18.0 Å². The van der Waals surface area contributed by atoms with Crippen LogP contribution in [-0.4, -0.2) is 44.2 Å². The second-order valence-electron chi connectivity index (χ2n) is 8.12. The van der Waals surface area contributed by atoms with E-state index in [4.69, 9.17) is 11.6 Å². The zero-order valence-electron chi connectivity index (χ0n) is 17.3. The molecule has 1 N–H and O–H groups in total. The molecule has 4 rings (SSSR count). The molecular formula is C22H24ClN3O4S. The smallest absolute Gasteiger partial charge is 0.243 e. The molecule has 2 aliphatic rings. The van der Waals surface area contributed by atoms with Crippen LogP contribution in [0.5, 0.6) is 0 Å². The van der Waals surface area contributed by atoms with Gasteiger partial charge in [-0.15, -0.1) is 0 Å². The van der Waals surface area contributed by atoms with Crippen molar-refractivity contribution in [1.29, 1.82) is 0 Å². The zero-order chi connectivity index (χ0) is 22.3. The van der Waals surface area contributed by atoms with E-state index in [2.05, 4.69) is 5.32 Å². The van der Waals surface area contributed by atoms with Crippen molar-refractivity contribution < 1.29 is 18.0 Å². The maximum absolute atomic E-state index is 13.0. The average molecular weight is 462 g/mol. The number of hydrogen-bond acceptors (Lipinski definition) is 4. The lowest BCUT2D eigenvalue weighted by atomic mass is 10.1. The maximum atomic E-state index is 13.0. The Morgan fingerprint density at radius 2 is 1.90 bits per heavy atom. The summed E-state index contributed by atoms with van der Waals surface area (Å²) in [4.78, 5) is 26.9. The first-order valence-corrected chi connectivity index (χ1v) is 12.0. The summed E-state index contributed by atoms with van der Waals surface area (Å²) in [5.41, 5.74) is 2.03. The summed E-state index contributed by atoms with van der Waals surface area (Å²) in [6, 6.07) is 11.6. The number of nitrogens with zero attached hydrogens (tertiary/aromatic N) is 2. The fourth-order valence-corrected chi connectivity index (χ4v) is 5.21. The van der Waals surface area contributed by atoms with Crippen LogP contribution < -0.4 is 10.2 Å². The molecule has 0 saturated heterocycles. The van der Waals surface area contributed by atoms with E-state index < -0.39 is 15.9 Å². The van der Waals surface area contributed by atoms with Gasteiger partial charge in [-0.2, -0.15) is 4.31 Å². The summed E-state index contributed by atoms with van der Waals surface area (Å²) in [7, 11) is -2.52. The molecule has 1 saturated carbocycles. The number of nitrogens with one attached hydrogen (secondary N) is 1. The van der Waals surface area contributed by atoms with Crippen molar-refractivity contribution >= 4 is 44.8 Å². The van der Waals surface area contributed by atoms with Crippen LogP contribution in [0.3, 0.4) is 0 Å². The molecule has 164 valence electrons. The van der Waals surface area contributed by atoms with Crippen LogP contribution in [0, 0.1) is 5.92 Å². The molecule has 31 heavy (non-hydrogen) atoms. The van der Waals surface area contributed by atoms with Crippen LogP contribution in [0.1, 0.15) is 25.3 Å². The number of benzene rings is 2. The highest BCUT2D eigenvalue weighted by Gasteiger charge is 2.40. The molecule has 1 aliphatic heterocycles. The van der Waals surface area contributed by atoms with Crippen LogP contribution in [0.2, 0.25) is 5.02 Å². The van der Waals surface area contributed by atoms with E-state index in [0.717, 1.165) is 28.4 Å². The maximum Gasteiger partial charge on any atom is 0.243 e. The number of likely N-dealkylation sites (N-methyl/N-ethyl adjacent to an activating group) is 1. The number of sulfonamides is 1. The highest BCUT2D eigenvalue weighted by molar-refractivity contribution is 7.89. The number of fused-ring (bicyclic) bond motifs is 1. The number of rotatable bonds is 6. The van der Waals surface area contributed by atoms with Gasteiger partial charge in [0, 0.05) is 24.7 Å². The Bertz CT molecular complexity index is 1150. The lowest BCUT2D eigenvalue weighted by Gasteiger charge is -2.23. The third-order valence-electron chi connectivity index (χ3n) is 5.65. The van der Waals surface area contributed by atoms with Crippen molar-refractivity contribution in [2.24, 2.45) is 5.92 Å². The Balaban J connectivity index is 1.50. The summed E-state index contributed by atoms with van der Waals surface area (Å²) in [5.74, 6) is -0.273. The van der Waals surface area contributed by atoms with Gasteiger partial charge in [0.1, 0.15) is 0 Å². The SMILES string of the molecule is CC1Cc2cc(S(=O)(=O)N(C)CC(=O)Nc3ccccc3Cl)ccc2N1C(=O)C1CC1. The molecule has 9 heteroatoms. The van der Waals surface area contributed by atoms with Crippen molar-refractivity contribution in [2.75, 3.05) is 23.8 Å². The first kappa shape index (κ1) is 21.8. The second kappa shape index (κ2) is 8.26. The Hall–Kier alpha value is -2.42. The average Bonchev–Trinajstić information content (AvgIpc) is 3.51. The standard InChI is InChI=1S/C22H24ClN3O4S/c1-14-11-16-12-17(9-10-20(16)26(14)22(28)15-7-8-15)31(29,30)25(2)13-21(27)24-19-6-4-3-5-18(19)23/h3-6,9-10,12,14-15H,7-8,11,13H2,1-2H3,(H,24,27). The van der Waals surface area contributed by atoms with Crippen molar-refractivity contribution in [2.45, 2.75) is 37.1 Å².